The van der Waals surface area contributed by atoms with Crippen molar-refractivity contribution in [1.29, 1.82) is 0 Å². The summed E-state index contributed by atoms with van der Waals surface area (Å²) in [7, 11) is -5.06. The van der Waals surface area contributed by atoms with Crippen molar-refractivity contribution in [3.63, 3.8) is 0 Å². The monoisotopic (exact) mass is 319 g/mol. The largest absolute Gasteiger partial charge is 0.294 e. The van der Waals surface area contributed by atoms with Gasteiger partial charge in [-0.05, 0) is 30.5 Å². The van der Waals surface area contributed by atoms with Gasteiger partial charge in [0.1, 0.15) is 0 Å². The molecule has 21 heavy (non-hydrogen) atoms. The molecule has 0 aliphatic heterocycles. The highest BCUT2D eigenvalue weighted by molar-refractivity contribution is 7.85. The van der Waals surface area contributed by atoms with E-state index >= 15 is 0 Å². The molecular weight excluding hydrogens is 300 g/mol. The van der Waals surface area contributed by atoms with Gasteiger partial charge in [0.25, 0.3) is 10.1 Å². The number of hydrogen-bond acceptors (Lipinski definition) is 2. The van der Waals surface area contributed by atoms with Crippen LogP contribution in [0.4, 0.5) is 0 Å². The zero-order valence-electron chi connectivity index (χ0n) is 12.4. The molecule has 1 radical (unpaired) electrons. The Balaban J connectivity index is 2.67. The van der Waals surface area contributed by atoms with E-state index in [1.54, 1.807) is 6.07 Å². The molecule has 0 aliphatic rings. The Bertz CT molecular complexity index is 738. The summed E-state index contributed by atoms with van der Waals surface area (Å²) in [6.45, 7) is 6.26. The van der Waals surface area contributed by atoms with Gasteiger partial charge in [0, 0.05) is 0 Å². The van der Waals surface area contributed by atoms with E-state index in [2.05, 4.69) is 13.1 Å². The summed E-state index contributed by atoms with van der Waals surface area (Å²) in [6, 6.07) is 13.0. The minimum absolute atomic E-state index is 0.0400. The van der Waals surface area contributed by atoms with E-state index in [1.807, 2.05) is 37.3 Å². The van der Waals surface area contributed by atoms with E-state index < -0.39 is 18.9 Å². The van der Waals surface area contributed by atoms with Crippen molar-refractivity contribution in [2.75, 3.05) is 0 Å². The van der Waals surface area contributed by atoms with E-state index in [4.69, 9.17) is 0 Å². The summed E-state index contributed by atoms with van der Waals surface area (Å²) < 4.78 is 32.9. The topological polar surface area (TPSA) is 54.4 Å². The van der Waals surface area contributed by atoms with E-state index in [9.17, 15) is 13.0 Å². The summed E-state index contributed by atoms with van der Waals surface area (Å²) in [5, 5.41) is 1.10. The summed E-state index contributed by atoms with van der Waals surface area (Å²) >= 11 is 0. The van der Waals surface area contributed by atoms with Crippen LogP contribution in [0.1, 0.15) is 16.7 Å². The molecule has 0 unspecified atom stereocenters. The fourth-order valence-corrected chi connectivity index (χ4v) is 5.17. The Morgan fingerprint density at radius 2 is 1.67 bits per heavy atom. The highest BCUT2D eigenvalue weighted by Gasteiger charge is 2.21. The van der Waals surface area contributed by atoms with Crippen LogP contribution >= 0.6 is 0 Å². The molecule has 0 bridgehead atoms. The van der Waals surface area contributed by atoms with Gasteiger partial charge in [-0.2, -0.15) is 8.42 Å². The molecule has 2 rings (SSSR count). The minimum Gasteiger partial charge on any atom is -0.282 e. The number of hydrogen-bond donors (Lipinski definition) is 1. The highest BCUT2D eigenvalue weighted by Crippen LogP contribution is 2.20. The maximum Gasteiger partial charge on any atom is 0.294 e. The van der Waals surface area contributed by atoms with Crippen LogP contribution in [0.5, 0.6) is 0 Å². The van der Waals surface area contributed by atoms with Gasteiger partial charge in [-0.1, -0.05) is 60.2 Å². The first-order valence-electron chi connectivity index (χ1n) is 6.75. The minimum atomic E-state index is -4.21. The number of benzene rings is 2. The van der Waals surface area contributed by atoms with Crippen molar-refractivity contribution in [1.82, 2.24) is 0 Å². The van der Waals surface area contributed by atoms with Crippen LogP contribution in [0.3, 0.4) is 0 Å². The molecule has 0 spiro atoms. The lowest BCUT2D eigenvalue weighted by Crippen LogP contribution is -2.31. The molecule has 1 N–H and O–H groups in total. The predicted molar refractivity (Wildman–Crippen MR) is 87.4 cm³/mol. The molecule has 2 aromatic rings. The zero-order chi connectivity index (χ0) is 15.6. The average Bonchev–Trinajstić information content (AvgIpc) is 2.38. The van der Waals surface area contributed by atoms with Crippen LogP contribution in [-0.2, 0) is 16.5 Å². The molecule has 0 saturated heterocycles. The Hall–Kier alpha value is -1.43. The molecule has 0 heterocycles. The number of aryl methyl sites for hydroxylation is 1. The molecule has 3 nitrogen and oxygen atoms in total. The van der Waals surface area contributed by atoms with Gasteiger partial charge >= 0.3 is 0 Å². The van der Waals surface area contributed by atoms with E-state index in [0.717, 1.165) is 21.9 Å². The maximum absolute atomic E-state index is 11.7. The summed E-state index contributed by atoms with van der Waals surface area (Å²) in [6.07, 6.45) is 0.517. The second kappa shape index (κ2) is 6.13. The van der Waals surface area contributed by atoms with Crippen LogP contribution in [0.2, 0.25) is 13.1 Å². The predicted octanol–water partition coefficient (Wildman–Crippen LogP) is 2.79. The fourth-order valence-electron chi connectivity index (χ4n) is 2.66. The third kappa shape index (κ3) is 3.61. The normalized spacial score (nSPS) is 11.9. The lowest BCUT2D eigenvalue weighted by molar-refractivity contribution is 0.482. The van der Waals surface area contributed by atoms with E-state index in [-0.39, 0.29) is 4.90 Å². The van der Waals surface area contributed by atoms with Gasteiger partial charge < -0.3 is 0 Å². The zero-order valence-corrected chi connectivity index (χ0v) is 14.2. The Kier molecular flexibility index (Phi) is 4.66. The second-order valence-electron chi connectivity index (χ2n) is 5.37. The van der Waals surface area contributed by atoms with Crippen molar-refractivity contribution in [3.8, 4) is 0 Å². The molecule has 0 aromatic heterocycles. The van der Waals surface area contributed by atoms with Crippen LogP contribution in [0.25, 0.3) is 0 Å². The lowest BCUT2D eigenvalue weighted by atomic mass is 10.0. The van der Waals surface area contributed by atoms with Crippen molar-refractivity contribution in [3.05, 3.63) is 59.2 Å². The van der Waals surface area contributed by atoms with Crippen molar-refractivity contribution in [2.24, 2.45) is 0 Å². The SMILES string of the molecule is Cc1ccc(S(=O)(=O)O)c(Cc2ccccc2)c1[Si](C)C. The Labute approximate surface area is 128 Å². The van der Waals surface area contributed by atoms with Crippen LogP contribution in [0.15, 0.2) is 47.4 Å². The molecule has 111 valence electrons. The van der Waals surface area contributed by atoms with Gasteiger partial charge in [0.05, 0.1) is 13.7 Å². The van der Waals surface area contributed by atoms with E-state index in [1.165, 1.54) is 6.07 Å². The van der Waals surface area contributed by atoms with Crippen LogP contribution in [0, 0.1) is 6.92 Å². The average molecular weight is 319 g/mol. The molecule has 0 atom stereocenters. The van der Waals surface area contributed by atoms with Crippen molar-refractivity contribution < 1.29 is 13.0 Å². The quantitative estimate of drug-likeness (QED) is 0.696. The first-order valence-corrected chi connectivity index (χ1v) is 10.7. The summed E-state index contributed by atoms with van der Waals surface area (Å²) in [5.41, 5.74) is 2.87. The fraction of sp³-hybridized carbons (Fsp3) is 0.250. The molecule has 5 heteroatoms. The van der Waals surface area contributed by atoms with Crippen molar-refractivity contribution in [2.45, 2.75) is 31.3 Å². The van der Waals surface area contributed by atoms with Gasteiger partial charge in [0.2, 0.25) is 0 Å². The van der Waals surface area contributed by atoms with Crippen LogP contribution < -0.4 is 5.19 Å². The van der Waals surface area contributed by atoms with Gasteiger partial charge in [-0.25, -0.2) is 0 Å². The highest BCUT2D eigenvalue weighted by atomic mass is 32.2. The van der Waals surface area contributed by atoms with Gasteiger partial charge in [0.15, 0.2) is 0 Å². The van der Waals surface area contributed by atoms with Crippen molar-refractivity contribution >= 4 is 24.1 Å². The molecule has 0 fully saturated rings. The van der Waals surface area contributed by atoms with E-state index in [0.29, 0.717) is 6.42 Å². The van der Waals surface area contributed by atoms with Gasteiger partial charge in [-0.15, -0.1) is 0 Å². The maximum atomic E-state index is 11.7. The lowest BCUT2D eigenvalue weighted by Gasteiger charge is -2.18. The summed E-state index contributed by atoms with van der Waals surface area (Å²) in [5.74, 6) is 0. The molecular formula is C16H19O3SSi. The summed E-state index contributed by atoms with van der Waals surface area (Å²) in [4.78, 5) is 0.0400. The third-order valence-corrected chi connectivity index (χ3v) is 6.11. The second-order valence-corrected chi connectivity index (χ2v) is 9.26. The molecule has 0 amide bonds. The molecule has 0 saturated carbocycles. The number of rotatable bonds is 4. The van der Waals surface area contributed by atoms with Gasteiger partial charge in [-0.3, -0.25) is 4.55 Å². The molecule has 2 aromatic carbocycles. The standard InChI is InChI=1S/C16H19O3SSi/c1-12-9-10-15(20(17,18)19)14(16(12)21(2)3)11-13-7-5-4-6-8-13/h4-10H,11H2,1-3H3,(H,17,18,19). The first kappa shape index (κ1) is 15.9. The molecule has 0 aliphatic carbocycles. The third-order valence-electron chi connectivity index (χ3n) is 3.48. The smallest absolute Gasteiger partial charge is 0.282 e. The van der Waals surface area contributed by atoms with Crippen LogP contribution in [-0.4, -0.2) is 21.8 Å². The Morgan fingerprint density at radius 3 is 2.19 bits per heavy atom. The first-order chi connectivity index (χ1) is 9.80. The Morgan fingerprint density at radius 1 is 1.05 bits per heavy atom.